The van der Waals surface area contributed by atoms with E-state index in [-0.39, 0.29) is 29.6 Å². The average molecular weight is 416 g/mol. The number of fused-ring (bicyclic) bond motifs is 1. The summed E-state index contributed by atoms with van der Waals surface area (Å²) in [4.78, 5) is 33.0. The van der Waals surface area contributed by atoms with Gasteiger partial charge in [-0.05, 0) is 36.5 Å². The van der Waals surface area contributed by atoms with Crippen molar-refractivity contribution in [3.8, 4) is 0 Å². The van der Waals surface area contributed by atoms with E-state index in [1.807, 2.05) is 24.3 Å². The SMILES string of the molecule is [2H]C([2H])([2H])n1cnc2ncn(Cc3nn(C4CC(c5ccc(Cl)cc5)C4)c(=O)o3)c(=O)c21. The van der Waals surface area contributed by atoms with Gasteiger partial charge in [0, 0.05) is 16.1 Å². The first-order valence-electron chi connectivity index (χ1n) is 10.5. The summed E-state index contributed by atoms with van der Waals surface area (Å²) in [6.07, 6.45) is 3.75. The van der Waals surface area contributed by atoms with Gasteiger partial charge < -0.3 is 8.98 Å². The fraction of sp³-hybridized carbons (Fsp3) is 0.316. The van der Waals surface area contributed by atoms with E-state index >= 15 is 0 Å². The van der Waals surface area contributed by atoms with Gasteiger partial charge in [-0.2, -0.15) is 4.68 Å². The van der Waals surface area contributed by atoms with Crippen molar-refractivity contribution in [3.05, 3.63) is 74.3 Å². The van der Waals surface area contributed by atoms with Crippen LogP contribution in [0.1, 0.15) is 40.4 Å². The molecule has 3 aromatic heterocycles. The molecule has 1 aromatic carbocycles. The summed E-state index contributed by atoms with van der Waals surface area (Å²) in [5.74, 6) is -0.263. The Morgan fingerprint density at radius 1 is 1.21 bits per heavy atom. The highest BCUT2D eigenvalue weighted by Gasteiger charge is 2.34. The average Bonchev–Trinajstić information content (AvgIpc) is 3.29. The molecule has 1 saturated carbocycles. The van der Waals surface area contributed by atoms with Crippen LogP contribution in [-0.2, 0) is 13.5 Å². The van der Waals surface area contributed by atoms with Crippen molar-refractivity contribution in [3.63, 3.8) is 0 Å². The predicted octanol–water partition coefficient (Wildman–Crippen LogP) is 2.10. The van der Waals surface area contributed by atoms with Gasteiger partial charge in [0.2, 0.25) is 5.89 Å². The number of rotatable bonds is 4. The summed E-state index contributed by atoms with van der Waals surface area (Å²) in [5, 5.41) is 4.92. The van der Waals surface area contributed by atoms with Crippen LogP contribution >= 0.6 is 11.6 Å². The number of hydrogen-bond acceptors (Lipinski definition) is 6. The third kappa shape index (κ3) is 3.07. The van der Waals surface area contributed by atoms with Crippen LogP contribution in [0.25, 0.3) is 11.2 Å². The Labute approximate surface area is 173 Å². The molecule has 0 radical (unpaired) electrons. The van der Waals surface area contributed by atoms with Gasteiger partial charge in [0.15, 0.2) is 11.2 Å². The van der Waals surface area contributed by atoms with Gasteiger partial charge in [0.1, 0.15) is 12.9 Å². The number of aryl methyl sites for hydroxylation is 1. The number of hydrogen-bond donors (Lipinski definition) is 0. The number of aromatic nitrogens is 6. The van der Waals surface area contributed by atoms with Crippen molar-refractivity contribution in [2.24, 2.45) is 6.98 Å². The van der Waals surface area contributed by atoms with Crippen LogP contribution in [0, 0.1) is 0 Å². The van der Waals surface area contributed by atoms with E-state index in [0.717, 1.165) is 33.9 Å². The Bertz CT molecular complexity index is 1410. The summed E-state index contributed by atoms with van der Waals surface area (Å²) in [5.41, 5.74) is 0.405. The quantitative estimate of drug-likeness (QED) is 0.506. The molecule has 9 nitrogen and oxygen atoms in total. The van der Waals surface area contributed by atoms with Crippen LogP contribution in [0.15, 0.2) is 50.9 Å². The van der Waals surface area contributed by atoms with Crippen LogP contribution in [0.4, 0.5) is 0 Å². The van der Waals surface area contributed by atoms with E-state index in [2.05, 4.69) is 15.1 Å². The zero-order chi connectivity index (χ0) is 22.6. The summed E-state index contributed by atoms with van der Waals surface area (Å²) in [6, 6.07) is 7.52. The number of nitrogens with zero attached hydrogens (tertiary/aromatic N) is 6. The first-order chi connectivity index (χ1) is 15.2. The van der Waals surface area contributed by atoms with Gasteiger partial charge in [-0.1, -0.05) is 23.7 Å². The molecule has 10 heteroatoms. The molecule has 1 aliphatic carbocycles. The van der Waals surface area contributed by atoms with Gasteiger partial charge in [0.25, 0.3) is 5.56 Å². The van der Waals surface area contributed by atoms with E-state index in [1.165, 1.54) is 11.0 Å². The van der Waals surface area contributed by atoms with Crippen LogP contribution in [-0.4, -0.2) is 28.9 Å². The molecule has 0 unspecified atom stereocenters. The standard InChI is InChI=1S/C19H17ClN6O3/c1-24-9-21-17-16(24)18(27)25(10-22-17)8-15-23-26(19(28)29-15)14-6-12(7-14)11-2-4-13(20)5-3-11/h2-5,9-10,12,14H,6-8H2,1H3/i1D3. The summed E-state index contributed by atoms with van der Waals surface area (Å²) < 4.78 is 31.1. The van der Waals surface area contributed by atoms with Crippen molar-refractivity contribution in [2.75, 3.05) is 0 Å². The van der Waals surface area contributed by atoms with Gasteiger partial charge in [-0.15, -0.1) is 5.10 Å². The summed E-state index contributed by atoms with van der Waals surface area (Å²) in [7, 11) is 0. The molecule has 0 N–H and O–H groups in total. The summed E-state index contributed by atoms with van der Waals surface area (Å²) in [6.45, 7) is -2.74. The van der Waals surface area contributed by atoms with Crippen LogP contribution < -0.4 is 11.3 Å². The highest BCUT2D eigenvalue weighted by atomic mass is 35.5. The molecule has 0 amide bonds. The Morgan fingerprint density at radius 3 is 2.72 bits per heavy atom. The van der Waals surface area contributed by atoms with Crippen LogP contribution in [0.2, 0.25) is 5.02 Å². The Morgan fingerprint density at radius 2 is 1.97 bits per heavy atom. The summed E-state index contributed by atoms with van der Waals surface area (Å²) >= 11 is 5.93. The fourth-order valence-corrected chi connectivity index (χ4v) is 3.75. The second kappa shape index (κ2) is 6.70. The largest absolute Gasteiger partial charge is 0.437 e. The minimum atomic E-state index is -2.58. The van der Waals surface area contributed by atoms with Crippen molar-refractivity contribution in [1.29, 1.82) is 0 Å². The maximum Gasteiger partial charge on any atom is 0.437 e. The minimum Gasteiger partial charge on any atom is -0.390 e. The molecule has 5 rings (SSSR count). The Kier molecular flexibility index (Phi) is 3.41. The molecule has 0 saturated heterocycles. The number of halogens is 1. The molecule has 4 aromatic rings. The molecule has 0 spiro atoms. The molecular formula is C19H17ClN6O3. The molecule has 0 atom stereocenters. The number of imidazole rings is 1. The van der Waals surface area contributed by atoms with E-state index in [1.54, 1.807) is 0 Å². The normalized spacial score (nSPS) is 20.8. The second-order valence-electron chi connectivity index (χ2n) is 7.04. The Hall–Kier alpha value is -3.20. The van der Waals surface area contributed by atoms with Crippen LogP contribution in [0.3, 0.4) is 0 Å². The monoisotopic (exact) mass is 415 g/mol. The molecule has 1 aliphatic rings. The second-order valence-corrected chi connectivity index (χ2v) is 7.48. The lowest BCUT2D eigenvalue weighted by Gasteiger charge is -2.34. The highest BCUT2D eigenvalue weighted by molar-refractivity contribution is 6.30. The van der Waals surface area contributed by atoms with Gasteiger partial charge in [-0.25, -0.2) is 14.8 Å². The molecule has 29 heavy (non-hydrogen) atoms. The Balaban J connectivity index is 1.37. The van der Waals surface area contributed by atoms with E-state index < -0.39 is 18.3 Å². The molecule has 0 bridgehead atoms. The zero-order valence-corrected chi connectivity index (χ0v) is 15.8. The maximum atomic E-state index is 12.8. The van der Waals surface area contributed by atoms with E-state index in [0.29, 0.717) is 10.9 Å². The molecule has 1 fully saturated rings. The number of benzene rings is 1. The van der Waals surface area contributed by atoms with Gasteiger partial charge >= 0.3 is 5.76 Å². The van der Waals surface area contributed by atoms with Crippen LogP contribution in [0.5, 0.6) is 0 Å². The molecule has 0 aliphatic heterocycles. The van der Waals surface area contributed by atoms with Crippen molar-refractivity contribution in [2.45, 2.75) is 31.3 Å². The predicted molar refractivity (Wildman–Crippen MR) is 105 cm³/mol. The van der Waals surface area contributed by atoms with Crippen molar-refractivity contribution in [1.82, 2.24) is 28.9 Å². The lowest BCUT2D eigenvalue weighted by Crippen LogP contribution is -2.31. The van der Waals surface area contributed by atoms with Gasteiger partial charge in [-0.3, -0.25) is 9.36 Å². The lowest BCUT2D eigenvalue weighted by molar-refractivity contribution is 0.233. The van der Waals surface area contributed by atoms with Gasteiger partial charge in [0.05, 0.1) is 12.4 Å². The van der Waals surface area contributed by atoms with Crippen molar-refractivity contribution >= 4 is 22.8 Å². The van der Waals surface area contributed by atoms with E-state index in [4.69, 9.17) is 20.1 Å². The zero-order valence-electron chi connectivity index (χ0n) is 18.0. The first-order valence-corrected chi connectivity index (χ1v) is 9.35. The van der Waals surface area contributed by atoms with E-state index in [9.17, 15) is 9.59 Å². The highest BCUT2D eigenvalue weighted by Crippen LogP contribution is 2.43. The topological polar surface area (TPSA) is 101 Å². The van der Waals surface area contributed by atoms with Crippen molar-refractivity contribution < 1.29 is 8.53 Å². The fourth-order valence-electron chi connectivity index (χ4n) is 3.62. The molecular weight excluding hydrogens is 396 g/mol. The molecule has 3 heterocycles. The smallest absolute Gasteiger partial charge is 0.390 e. The third-order valence-corrected chi connectivity index (χ3v) is 5.50. The minimum absolute atomic E-state index is 0.0251. The maximum absolute atomic E-state index is 12.8. The molecule has 148 valence electrons. The first kappa shape index (κ1) is 14.7. The lowest BCUT2D eigenvalue weighted by atomic mass is 9.76. The third-order valence-electron chi connectivity index (χ3n) is 5.25.